The normalized spacial score (nSPS) is 21.6. The lowest BCUT2D eigenvalue weighted by Crippen LogP contribution is -2.70. The van der Waals surface area contributed by atoms with Crippen molar-refractivity contribution in [3.05, 3.63) is 65.2 Å². The van der Waals surface area contributed by atoms with Crippen LogP contribution in [0.4, 0.5) is 0 Å². The number of hydrogen-bond acceptors (Lipinski definition) is 4. The number of fused-ring (bicyclic) bond motifs is 1. The molecule has 150 valence electrons. The smallest absolute Gasteiger partial charge is 0.253 e. The first-order chi connectivity index (χ1) is 13.9. The zero-order valence-corrected chi connectivity index (χ0v) is 16.2. The van der Waals surface area contributed by atoms with E-state index in [1.807, 2.05) is 19.1 Å². The van der Waals surface area contributed by atoms with Gasteiger partial charge in [-0.2, -0.15) is 0 Å². The molecule has 0 saturated carbocycles. The van der Waals surface area contributed by atoms with Gasteiger partial charge in [0.1, 0.15) is 17.8 Å². The maximum atomic E-state index is 12.9. The average molecular weight is 393 g/mol. The van der Waals surface area contributed by atoms with Crippen molar-refractivity contribution in [3.63, 3.8) is 0 Å². The third-order valence-electron chi connectivity index (χ3n) is 5.54. The van der Waals surface area contributed by atoms with Crippen LogP contribution in [0.5, 0.6) is 5.75 Å². The molecule has 0 unspecified atom stereocenters. The summed E-state index contributed by atoms with van der Waals surface area (Å²) in [5.74, 6) is -0.349. The molecule has 3 amide bonds. The zero-order chi connectivity index (χ0) is 20.5. The highest BCUT2D eigenvalue weighted by atomic mass is 16.3. The number of amides is 3. The van der Waals surface area contributed by atoms with E-state index in [9.17, 15) is 19.5 Å². The average Bonchev–Trinajstić information content (AvgIpc) is 2.73. The molecule has 0 spiro atoms. The molecule has 2 aliphatic rings. The Morgan fingerprint density at radius 2 is 1.76 bits per heavy atom. The Morgan fingerprint density at radius 3 is 2.45 bits per heavy atom. The molecule has 0 radical (unpaired) electrons. The number of benzene rings is 2. The van der Waals surface area contributed by atoms with E-state index in [0.717, 1.165) is 11.1 Å². The third-order valence-corrected chi connectivity index (χ3v) is 5.54. The summed E-state index contributed by atoms with van der Waals surface area (Å²) in [6, 6.07) is 12.6. The van der Waals surface area contributed by atoms with E-state index in [1.165, 1.54) is 0 Å². The lowest BCUT2D eigenvalue weighted by molar-refractivity contribution is -0.152. The Bertz CT molecular complexity index is 940. The highest BCUT2D eigenvalue weighted by molar-refractivity contribution is 5.99. The molecule has 2 atom stereocenters. The van der Waals surface area contributed by atoms with E-state index in [2.05, 4.69) is 5.32 Å². The minimum Gasteiger partial charge on any atom is -0.508 e. The number of aryl methyl sites for hydroxylation is 1. The Kier molecular flexibility index (Phi) is 4.96. The predicted octanol–water partition coefficient (Wildman–Crippen LogP) is 1.09. The zero-order valence-electron chi connectivity index (χ0n) is 16.2. The number of phenolic OH excluding ortho intramolecular Hbond substituents is 1. The first-order valence-electron chi connectivity index (χ1n) is 9.67. The number of rotatable bonds is 3. The maximum Gasteiger partial charge on any atom is 0.253 e. The summed E-state index contributed by atoms with van der Waals surface area (Å²) in [5.41, 5.74) is 2.51. The van der Waals surface area contributed by atoms with Gasteiger partial charge in [-0.3, -0.25) is 14.4 Å². The molecule has 2 aliphatic heterocycles. The number of piperazine rings is 2. The van der Waals surface area contributed by atoms with Crippen LogP contribution in [-0.2, 0) is 16.0 Å². The summed E-state index contributed by atoms with van der Waals surface area (Å²) in [5, 5.41) is 12.2. The van der Waals surface area contributed by atoms with Gasteiger partial charge in [-0.1, -0.05) is 29.8 Å². The molecule has 2 aromatic rings. The van der Waals surface area contributed by atoms with Crippen LogP contribution in [0.1, 0.15) is 21.5 Å². The molecule has 2 saturated heterocycles. The van der Waals surface area contributed by atoms with Crippen LogP contribution in [0.2, 0.25) is 0 Å². The molecule has 7 nitrogen and oxygen atoms in total. The molecule has 0 aromatic heterocycles. The van der Waals surface area contributed by atoms with Crippen LogP contribution < -0.4 is 5.32 Å². The Balaban J connectivity index is 1.45. The predicted molar refractivity (Wildman–Crippen MR) is 106 cm³/mol. The fourth-order valence-corrected chi connectivity index (χ4v) is 3.87. The van der Waals surface area contributed by atoms with Gasteiger partial charge in [0.15, 0.2) is 0 Å². The molecular weight excluding hydrogens is 370 g/mol. The lowest BCUT2D eigenvalue weighted by atomic mass is 9.98. The molecule has 2 aromatic carbocycles. The number of phenols is 1. The number of carbonyl (C=O) groups excluding carboxylic acids is 3. The van der Waals surface area contributed by atoms with Gasteiger partial charge in [0, 0.05) is 25.1 Å². The topological polar surface area (TPSA) is 90.0 Å². The lowest BCUT2D eigenvalue weighted by Gasteiger charge is -2.45. The van der Waals surface area contributed by atoms with Crippen molar-refractivity contribution >= 4 is 17.7 Å². The van der Waals surface area contributed by atoms with E-state index in [0.29, 0.717) is 25.1 Å². The third kappa shape index (κ3) is 3.81. The molecular formula is C22H23N3O4. The Morgan fingerprint density at radius 1 is 1.07 bits per heavy atom. The molecule has 29 heavy (non-hydrogen) atoms. The molecule has 4 rings (SSSR count). The van der Waals surface area contributed by atoms with Crippen molar-refractivity contribution in [2.45, 2.75) is 25.4 Å². The van der Waals surface area contributed by atoms with E-state index < -0.39 is 12.1 Å². The minimum absolute atomic E-state index is 0.129. The van der Waals surface area contributed by atoms with Crippen molar-refractivity contribution in [3.8, 4) is 5.75 Å². The molecule has 0 bridgehead atoms. The second-order valence-corrected chi connectivity index (χ2v) is 7.60. The van der Waals surface area contributed by atoms with Gasteiger partial charge in [-0.05, 0) is 36.8 Å². The maximum absolute atomic E-state index is 12.9. The highest BCUT2D eigenvalue weighted by Gasteiger charge is 2.44. The van der Waals surface area contributed by atoms with Crippen LogP contribution >= 0.6 is 0 Å². The summed E-state index contributed by atoms with van der Waals surface area (Å²) in [4.78, 5) is 41.6. The SMILES string of the molecule is Cc1ccc(C(=O)N2CCN3C(=O)[C@H](Cc4ccc(O)cc4)NC(=O)[C@H]3C2)cc1. The van der Waals surface area contributed by atoms with Gasteiger partial charge in [-0.15, -0.1) is 0 Å². The molecule has 2 N–H and O–H groups in total. The summed E-state index contributed by atoms with van der Waals surface area (Å²) in [7, 11) is 0. The van der Waals surface area contributed by atoms with E-state index in [1.54, 1.807) is 46.2 Å². The van der Waals surface area contributed by atoms with Gasteiger partial charge in [0.25, 0.3) is 5.91 Å². The Hall–Kier alpha value is -3.35. The molecule has 2 heterocycles. The van der Waals surface area contributed by atoms with Crippen LogP contribution in [0.15, 0.2) is 48.5 Å². The van der Waals surface area contributed by atoms with Gasteiger partial charge in [0.05, 0.1) is 6.54 Å². The second kappa shape index (κ2) is 7.58. The summed E-state index contributed by atoms with van der Waals surface area (Å²) < 4.78 is 0. The highest BCUT2D eigenvalue weighted by Crippen LogP contribution is 2.20. The number of carbonyl (C=O) groups is 3. The number of nitrogens with zero attached hydrogens (tertiary/aromatic N) is 2. The summed E-state index contributed by atoms with van der Waals surface area (Å²) in [6.45, 7) is 2.88. The van der Waals surface area contributed by atoms with Crippen LogP contribution in [0.3, 0.4) is 0 Å². The van der Waals surface area contributed by atoms with Crippen LogP contribution in [0.25, 0.3) is 0 Å². The van der Waals surface area contributed by atoms with Gasteiger partial charge < -0.3 is 20.2 Å². The van der Waals surface area contributed by atoms with Crippen LogP contribution in [-0.4, -0.2) is 64.3 Å². The molecule has 2 fully saturated rings. The van der Waals surface area contributed by atoms with Gasteiger partial charge >= 0.3 is 0 Å². The second-order valence-electron chi connectivity index (χ2n) is 7.60. The van der Waals surface area contributed by atoms with E-state index in [4.69, 9.17) is 0 Å². The van der Waals surface area contributed by atoms with Crippen molar-refractivity contribution in [1.29, 1.82) is 0 Å². The van der Waals surface area contributed by atoms with Gasteiger partial charge in [0.2, 0.25) is 11.8 Å². The van der Waals surface area contributed by atoms with Crippen molar-refractivity contribution in [2.75, 3.05) is 19.6 Å². The quantitative estimate of drug-likeness (QED) is 0.817. The summed E-state index contributed by atoms with van der Waals surface area (Å²) in [6.07, 6.45) is 0.361. The number of nitrogens with one attached hydrogen (secondary N) is 1. The number of aromatic hydroxyl groups is 1. The van der Waals surface area contributed by atoms with E-state index >= 15 is 0 Å². The van der Waals surface area contributed by atoms with Crippen molar-refractivity contribution < 1.29 is 19.5 Å². The fourth-order valence-electron chi connectivity index (χ4n) is 3.87. The van der Waals surface area contributed by atoms with E-state index in [-0.39, 0.29) is 30.0 Å². The molecule has 7 heteroatoms. The van der Waals surface area contributed by atoms with Crippen molar-refractivity contribution in [1.82, 2.24) is 15.1 Å². The minimum atomic E-state index is -0.665. The Labute approximate surface area is 168 Å². The fraction of sp³-hybridized carbons (Fsp3) is 0.318. The largest absolute Gasteiger partial charge is 0.508 e. The van der Waals surface area contributed by atoms with Crippen molar-refractivity contribution in [2.24, 2.45) is 0 Å². The monoisotopic (exact) mass is 393 g/mol. The number of hydrogen-bond donors (Lipinski definition) is 2. The first-order valence-corrected chi connectivity index (χ1v) is 9.67. The summed E-state index contributed by atoms with van der Waals surface area (Å²) >= 11 is 0. The standard InChI is InChI=1S/C22H23N3O4/c1-14-2-6-16(7-3-14)21(28)24-10-11-25-19(13-24)20(27)23-18(22(25)29)12-15-4-8-17(26)9-5-15/h2-9,18-19,26H,10-13H2,1H3,(H,23,27)/t18-,19+/m0/s1. The van der Waals surface area contributed by atoms with Crippen LogP contribution in [0, 0.1) is 6.92 Å². The van der Waals surface area contributed by atoms with Gasteiger partial charge in [-0.25, -0.2) is 0 Å². The molecule has 0 aliphatic carbocycles. The first kappa shape index (κ1) is 19.0.